The van der Waals surface area contributed by atoms with E-state index in [0.717, 1.165) is 15.6 Å². The van der Waals surface area contributed by atoms with Crippen LogP contribution in [0.15, 0.2) is 39.9 Å². The van der Waals surface area contributed by atoms with Crippen LogP contribution >= 0.6 is 11.3 Å². The third-order valence-corrected chi connectivity index (χ3v) is 7.38. The molecule has 0 bridgehead atoms. The number of hydrogen-bond acceptors (Lipinski definition) is 8. The molecule has 0 unspecified atom stereocenters. The van der Waals surface area contributed by atoms with Crippen molar-refractivity contribution in [3.63, 3.8) is 0 Å². The van der Waals surface area contributed by atoms with E-state index in [-0.39, 0.29) is 17.3 Å². The lowest BCUT2D eigenvalue weighted by molar-refractivity contribution is -0.147. The number of amides is 1. The Hall–Kier alpha value is -2.63. The van der Waals surface area contributed by atoms with E-state index < -0.39 is 28.4 Å². The fraction of sp³-hybridized carbons (Fsp3) is 0.368. The van der Waals surface area contributed by atoms with Gasteiger partial charge in [-0.25, -0.2) is 8.42 Å². The van der Waals surface area contributed by atoms with Crippen LogP contribution in [0.5, 0.6) is 11.5 Å². The van der Waals surface area contributed by atoms with Gasteiger partial charge in [-0.3, -0.25) is 9.59 Å². The summed E-state index contributed by atoms with van der Waals surface area (Å²) in [4.78, 5) is 25.9. The number of benzene rings is 1. The smallest absolute Gasteiger partial charge is 0.325 e. The minimum Gasteiger partial charge on any atom is -0.497 e. The molecule has 0 saturated heterocycles. The van der Waals surface area contributed by atoms with Crippen LogP contribution in [0.4, 0.5) is 0 Å². The number of carbonyl (C=O) groups excluding carboxylic acids is 2. The van der Waals surface area contributed by atoms with Gasteiger partial charge in [-0.2, -0.15) is 4.31 Å². The SMILES string of the molecule is COC(=O)CN(Cc1cc(OC)cc(OC)c1)C(=O)CN(C)S(=O)(=O)c1cccs1. The molecule has 0 aliphatic carbocycles. The summed E-state index contributed by atoms with van der Waals surface area (Å²) in [6.45, 7) is -0.728. The van der Waals surface area contributed by atoms with Crippen molar-refractivity contribution in [2.45, 2.75) is 10.8 Å². The molecule has 0 radical (unpaired) electrons. The number of sulfonamides is 1. The second-order valence-electron chi connectivity index (χ2n) is 6.24. The van der Waals surface area contributed by atoms with Crippen molar-refractivity contribution in [2.24, 2.45) is 0 Å². The van der Waals surface area contributed by atoms with Crippen molar-refractivity contribution in [3.05, 3.63) is 41.3 Å². The zero-order chi connectivity index (χ0) is 22.3. The maximum Gasteiger partial charge on any atom is 0.325 e. The largest absolute Gasteiger partial charge is 0.497 e. The van der Waals surface area contributed by atoms with Gasteiger partial charge < -0.3 is 19.1 Å². The Morgan fingerprint density at radius 1 is 1.03 bits per heavy atom. The van der Waals surface area contributed by atoms with E-state index in [1.165, 1.54) is 39.3 Å². The van der Waals surface area contributed by atoms with Crippen LogP contribution in [-0.2, 0) is 30.9 Å². The predicted molar refractivity (Wildman–Crippen MR) is 111 cm³/mol. The first kappa shape index (κ1) is 23.6. The number of carbonyl (C=O) groups is 2. The third kappa shape index (κ3) is 5.94. The molecule has 0 aliphatic heterocycles. The first-order chi connectivity index (χ1) is 14.2. The number of thiophene rings is 1. The Morgan fingerprint density at radius 2 is 1.67 bits per heavy atom. The van der Waals surface area contributed by atoms with E-state index in [9.17, 15) is 18.0 Å². The van der Waals surface area contributed by atoms with E-state index in [0.29, 0.717) is 17.1 Å². The summed E-state index contributed by atoms with van der Waals surface area (Å²) in [5.74, 6) is -0.133. The van der Waals surface area contributed by atoms with E-state index >= 15 is 0 Å². The number of esters is 1. The fourth-order valence-corrected chi connectivity index (χ4v) is 4.89. The topological polar surface area (TPSA) is 102 Å². The normalized spacial score (nSPS) is 11.2. The van der Waals surface area contributed by atoms with E-state index in [2.05, 4.69) is 4.74 Å². The van der Waals surface area contributed by atoms with E-state index in [1.807, 2.05) is 0 Å². The van der Waals surface area contributed by atoms with Gasteiger partial charge in [0.1, 0.15) is 22.3 Å². The van der Waals surface area contributed by atoms with Gasteiger partial charge in [0.05, 0.1) is 27.9 Å². The Labute approximate surface area is 179 Å². The van der Waals surface area contributed by atoms with Crippen molar-refractivity contribution in [1.29, 1.82) is 0 Å². The summed E-state index contributed by atoms with van der Waals surface area (Å²) in [5.41, 5.74) is 0.646. The second kappa shape index (κ2) is 10.4. The molecule has 0 N–H and O–H groups in total. The van der Waals surface area contributed by atoms with Crippen LogP contribution in [0.3, 0.4) is 0 Å². The molecule has 164 valence electrons. The molecule has 1 aromatic carbocycles. The lowest BCUT2D eigenvalue weighted by Crippen LogP contribution is -2.43. The summed E-state index contributed by atoms with van der Waals surface area (Å²) >= 11 is 1.06. The highest BCUT2D eigenvalue weighted by atomic mass is 32.2. The van der Waals surface area contributed by atoms with Crippen LogP contribution in [0, 0.1) is 0 Å². The first-order valence-corrected chi connectivity index (χ1v) is 11.1. The Kier molecular flexibility index (Phi) is 8.21. The molecular weight excluding hydrogens is 432 g/mol. The maximum absolute atomic E-state index is 12.9. The fourth-order valence-electron chi connectivity index (χ4n) is 2.57. The lowest BCUT2D eigenvalue weighted by Gasteiger charge is -2.24. The quantitative estimate of drug-likeness (QED) is 0.500. The highest BCUT2D eigenvalue weighted by Gasteiger charge is 2.27. The van der Waals surface area contributed by atoms with Crippen LogP contribution in [0.2, 0.25) is 0 Å². The molecule has 1 heterocycles. The van der Waals surface area contributed by atoms with Crippen LogP contribution in [-0.4, -0.2) is 71.0 Å². The van der Waals surface area contributed by atoms with E-state index in [4.69, 9.17) is 9.47 Å². The maximum atomic E-state index is 12.9. The van der Waals surface area contributed by atoms with Crippen LogP contribution in [0.1, 0.15) is 5.56 Å². The molecule has 11 heteroatoms. The van der Waals surface area contributed by atoms with Gasteiger partial charge in [-0.1, -0.05) is 6.07 Å². The van der Waals surface area contributed by atoms with Gasteiger partial charge in [0, 0.05) is 19.7 Å². The number of nitrogens with zero attached hydrogens (tertiary/aromatic N) is 2. The van der Waals surface area contributed by atoms with Crippen molar-refractivity contribution < 1.29 is 32.2 Å². The minimum absolute atomic E-state index is 0.0361. The molecule has 9 nitrogen and oxygen atoms in total. The number of methoxy groups -OCH3 is 3. The monoisotopic (exact) mass is 456 g/mol. The van der Waals surface area contributed by atoms with Crippen molar-refractivity contribution in [2.75, 3.05) is 41.5 Å². The average molecular weight is 457 g/mol. The standard InChI is InChI=1S/C19H24N2O7S2/c1-20(30(24,25)19-6-5-7-29-19)12-17(22)21(13-18(23)28-4)11-14-8-15(26-2)10-16(9-14)27-3/h5-10H,11-13H2,1-4H3. The molecule has 30 heavy (non-hydrogen) atoms. The third-order valence-electron chi connectivity index (χ3n) is 4.20. The highest BCUT2D eigenvalue weighted by molar-refractivity contribution is 7.91. The number of rotatable bonds is 10. The zero-order valence-corrected chi connectivity index (χ0v) is 18.8. The number of likely N-dealkylation sites (N-methyl/N-ethyl adjacent to an activating group) is 1. The molecular formula is C19H24N2O7S2. The second-order valence-corrected chi connectivity index (χ2v) is 9.46. The Morgan fingerprint density at radius 3 is 2.17 bits per heavy atom. The molecule has 0 spiro atoms. The van der Waals surface area contributed by atoms with Gasteiger partial charge in [-0.15, -0.1) is 11.3 Å². The molecule has 2 aromatic rings. The number of ether oxygens (including phenoxy) is 3. The first-order valence-electron chi connectivity index (χ1n) is 8.77. The summed E-state index contributed by atoms with van der Waals surface area (Å²) in [6, 6.07) is 8.17. The molecule has 2 rings (SSSR count). The summed E-state index contributed by atoms with van der Waals surface area (Å²) < 4.78 is 41.4. The van der Waals surface area contributed by atoms with Crippen molar-refractivity contribution in [1.82, 2.24) is 9.21 Å². The number of hydrogen-bond donors (Lipinski definition) is 0. The summed E-state index contributed by atoms with van der Waals surface area (Å²) in [6.07, 6.45) is 0. The van der Waals surface area contributed by atoms with Crippen molar-refractivity contribution >= 4 is 33.2 Å². The molecule has 0 saturated carbocycles. The average Bonchev–Trinajstić information content (AvgIpc) is 3.28. The minimum atomic E-state index is -3.80. The van der Waals surface area contributed by atoms with Crippen LogP contribution < -0.4 is 9.47 Å². The van der Waals surface area contributed by atoms with Crippen molar-refractivity contribution in [3.8, 4) is 11.5 Å². The molecule has 1 amide bonds. The predicted octanol–water partition coefficient (Wildman–Crippen LogP) is 1.59. The molecule has 0 atom stereocenters. The Balaban J connectivity index is 2.24. The summed E-state index contributed by atoms with van der Waals surface area (Å²) in [5, 5.41) is 1.64. The van der Waals surface area contributed by atoms with Gasteiger partial charge in [0.15, 0.2) is 0 Å². The highest BCUT2D eigenvalue weighted by Crippen LogP contribution is 2.24. The summed E-state index contributed by atoms with van der Waals surface area (Å²) in [7, 11) is 1.73. The van der Waals surface area contributed by atoms with Gasteiger partial charge in [0.25, 0.3) is 10.0 Å². The molecule has 1 aromatic heterocycles. The molecule has 0 aliphatic rings. The van der Waals surface area contributed by atoms with Gasteiger partial charge >= 0.3 is 5.97 Å². The Bertz CT molecular complexity index is 953. The zero-order valence-electron chi connectivity index (χ0n) is 17.2. The molecule has 0 fully saturated rings. The van der Waals surface area contributed by atoms with Gasteiger partial charge in [0.2, 0.25) is 5.91 Å². The van der Waals surface area contributed by atoms with Gasteiger partial charge in [-0.05, 0) is 29.1 Å². The van der Waals surface area contributed by atoms with E-state index in [1.54, 1.807) is 29.6 Å². The van der Waals surface area contributed by atoms with Crippen LogP contribution in [0.25, 0.3) is 0 Å². The lowest BCUT2D eigenvalue weighted by atomic mass is 10.2.